The zero-order valence-corrected chi connectivity index (χ0v) is 15.6. The monoisotopic (exact) mass is 405 g/mol. The maximum Gasteiger partial charge on any atom is 0.230 e. The maximum absolute atomic E-state index is 10.9. The Hall–Kier alpha value is -0.240. The Morgan fingerprint density at radius 2 is 1.24 bits per heavy atom. The lowest BCUT2D eigenvalue weighted by Crippen LogP contribution is -2.22. The number of nitrogens with two attached hydrogens (primary N) is 1. The highest BCUT2D eigenvalue weighted by molar-refractivity contribution is 14.1. The van der Waals surface area contributed by atoms with Crippen LogP contribution in [0.5, 0.6) is 0 Å². The van der Waals surface area contributed by atoms with Crippen molar-refractivity contribution in [1.82, 2.24) is 0 Å². The molecule has 0 aliphatic heterocycles. The van der Waals surface area contributed by atoms with Crippen LogP contribution < -0.4 is 5.73 Å². The SMILES string of the molecule is C#CCCCCCCCCCCCCCCC(I)C(N)=O. The van der Waals surface area contributed by atoms with E-state index in [0.29, 0.717) is 0 Å². The summed E-state index contributed by atoms with van der Waals surface area (Å²) >= 11 is 2.14. The number of hydrogen-bond acceptors (Lipinski definition) is 1. The molecule has 0 aliphatic carbocycles. The van der Waals surface area contributed by atoms with Gasteiger partial charge in [0, 0.05) is 6.42 Å². The molecular weight excluding hydrogens is 373 g/mol. The number of primary amides is 1. The fraction of sp³-hybridized carbons (Fsp3) is 0.833. The minimum Gasteiger partial charge on any atom is -0.369 e. The molecule has 0 fully saturated rings. The molecule has 0 rings (SSSR count). The highest BCUT2D eigenvalue weighted by Crippen LogP contribution is 2.15. The molecule has 0 radical (unpaired) electrons. The Labute approximate surface area is 145 Å². The third-order valence-electron chi connectivity index (χ3n) is 3.84. The van der Waals surface area contributed by atoms with Gasteiger partial charge < -0.3 is 5.73 Å². The molecule has 21 heavy (non-hydrogen) atoms. The van der Waals surface area contributed by atoms with Crippen molar-refractivity contribution in [3.8, 4) is 12.3 Å². The Morgan fingerprint density at radius 3 is 1.62 bits per heavy atom. The molecule has 0 bridgehead atoms. The van der Waals surface area contributed by atoms with Gasteiger partial charge in [-0.25, -0.2) is 0 Å². The number of terminal acetylenes is 1. The smallest absolute Gasteiger partial charge is 0.230 e. The first-order chi connectivity index (χ1) is 10.2. The number of unbranched alkanes of at least 4 members (excludes halogenated alkanes) is 12. The van der Waals surface area contributed by atoms with Crippen molar-refractivity contribution in [2.75, 3.05) is 0 Å². The molecule has 0 saturated carbocycles. The summed E-state index contributed by atoms with van der Waals surface area (Å²) in [4.78, 5) is 10.9. The number of rotatable bonds is 15. The van der Waals surface area contributed by atoms with Crippen LogP contribution >= 0.6 is 22.6 Å². The summed E-state index contributed by atoms with van der Waals surface area (Å²) < 4.78 is 0.0169. The summed E-state index contributed by atoms with van der Waals surface area (Å²) in [5.74, 6) is 2.52. The van der Waals surface area contributed by atoms with Crippen molar-refractivity contribution in [3.05, 3.63) is 0 Å². The second-order valence-electron chi connectivity index (χ2n) is 5.86. The fourth-order valence-electron chi connectivity index (χ4n) is 2.46. The van der Waals surface area contributed by atoms with E-state index in [2.05, 4.69) is 28.5 Å². The summed E-state index contributed by atoms with van der Waals surface area (Å²) in [6.45, 7) is 0. The zero-order valence-electron chi connectivity index (χ0n) is 13.4. The van der Waals surface area contributed by atoms with Gasteiger partial charge in [0.2, 0.25) is 5.91 Å². The number of carbonyl (C=O) groups excluding carboxylic acids is 1. The van der Waals surface area contributed by atoms with Gasteiger partial charge in [-0.1, -0.05) is 93.2 Å². The van der Waals surface area contributed by atoms with Crippen molar-refractivity contribution in [2.24, 2.45) is 5.73 Å². The van der Waals surface area contributed by atoms with E-state index in [-0.39, 0.29) is 9.83 Å². The molecule has 1 atom stereocenters. The summed E-state index contributed by atoms with van der Waals surface area (Å²) in [7, 11) is 0. The van der Waals surface area contributed by atoms with Gasteiger partial charge in [0.15, 0.2) is 0 Å². The van der Waals surface area contributed by atoms with Gasteiger partial charge in [-0.05, 0) is 12.8 Å². The van der Waals surface area contributed by atoms with Gasteiger partial charge in [-0.3, -0.25) is 4.79 Å². The molecule has 0 heterocycles. The Balaban J connectivity index is 3.06. The minimum absolute atomic E-state index is 0.0169. The summed E-state index contributed by atoms with van der Waals surface area (Å²) in [5.41, 5.74) is 5.24. The third-order valence-corrected chi connectivity index (χ3v) is 5.07. The first-order valence-corrected chi connectivity index (χ1v) is 9.80. The maximum atomic E-state index is 10.9. The zero-order chi connectivity index (χ0) is 15.8. The lowest BCUT2D eigenvalue weighted by atomic mass is 10.0. The standard InChI is InChI=1S/C18H32INO/c1-2-3-4-5-6-7-8-9-10-11-12-13-14-15-16-17(19)18(20)21/h1,17H,3-16H2,(H2,20,21). The van der Waals surface area contributed by atoms with Gasteiger partial charge in [0.25, 0.3) is 0 Å². The van der Waals surface area contributed by atoms with E-state index < -0.39 is 0 Å². The van der Waals surface area contributed by atoms with Crippen LogP contribution in [-0.2, 0) is 4.79 Å². The highest BCUT2D eigenvalue weighted by atomic mass is 127. The Morgan fingerprint density at radius 1 is 0.857 bits per heavy atom. The first kappa shape index (κ1) is 20.8. The molecule has 0 aromatic carbocycles. The summed E-state index contributed by atoms with van der Waals surface area (Å²) in [6.07, 6.45) is 22.8. The number of hydrogen-bond donors (Lipinski definition) is 1. The van der Waals surface area contributed by atoms with Gasteiger partial charge >= 0.3 is 0 Å². The Kier molecular flexibility index (Phi) is 16.0. The topological polar surface area (TPSA) is 43.1 Å². The van der Waals surface area contributed by atoms with Crippen molar-refractivity contribution >= 4 is 28.5 Å². The quantitative estimate of drug-likeness (QED) is 0.169. The number of carbonyl (C=O) groups is 1. The van der Waals surface area contributed by atoms with Crippen LogP contribution in [0.1, 0.15) is 89.9 Å². The van der Waals surface area contributed by atoms with E-state index in [1.807, 2.05) is 0 Å². The van der Waals surface area contributed by atoms with Crippen molar-refractivity contribution in [1.29, 1.82) is 0 Å². The number of halogens is 1. The minimum atomic E-state index is -0.171. The molecule has 0 aromatic heterocycles. The third kappa shape index (κ3) is 16.0. The second kappa shape index (κ2) is 16.1. The lowest BCUT2D eigenvalue weighted by molar-refractivity contribution is -0.117. The molecule has 2 nitrogen and oxygen atoms in total. The van der Waals surface area contributed by atoms with E-state index in [1.54, 1.807) is 0 Å². The average Bonchev–Trinajstić information content (AvgIpc) is 2.47. The van der Waals surface area contributed by atoms with Crippen LogP contribution in [0.3, 0.4) is 0 Å². The molecular formula is C18H32INO. The van der Waals surface area contributed by atoms with Crippen LogP contribution in [0.4, 0.5) is 0 Å². The lowest BCUT2D eigenvalue weighted by Gasteiger charge is -2.05. The van der Waals surface area contributed by atoms with Crippen molar-refractivity contribution < 1.29 is 4.79 Å². The van der Waals surface area contributed by atoms with Crippen LogP contribution in [0, 0.1) is 12.3 Å². The van der Waals surface area contributed by atoms with E-state index in [4.69, 9.17) is 12.2 Å². The van der Waals surface area contributed by atoms with E-state index in [9.17, 15) is 4.79 Å². The van der Waals surface area contributed by atoms with Crippen LogP contribution in [0.15, 0.2) is 0 Å². The Bertz CT molecular complexity index is 285. The van der Waals surface area contributed by atoms with Gasteiger partial charge in [-0.15, -0.1) is 12.3 Å². The average molecular weight is 405 g/mol. The largest absolute Gasteiger partial charge is 0.369 e. The summed E-state index contributed by atoms with van der Waals surface area (Å²) in [5, 5.41) is 0. The van der Waals surface area contributed by atoms with Crippen LogP contribution in [-0.4, -0.2) is 9.83 Å². The van der Waals surface area contributed by atoms with Gasteiger partial charge in [0.1, 0.15) is 0 Å². The molecule has 0 aromatic rings. The first-order valence-electron chi connectivity index (χ1n) is 8.55. The van der Waals surface area contributed by atoms with Crippen LogP contribution in [0.25, 0.3) is 0 Å². The van der Waals surface area contributed by atoms with Gasteiger partial charge in [-0.2, -0.15) is 0 Å². The molecule has 1 unspecified atom stereocenters. The second-order valence-corrected chi connectivity index (χ2v) is 7.36. The normalized spacial score (nSPS) is 12.0. The number of alkyl halides is 1. The van der Waals surface area contributed by atoms with E-state index in [1.165, 1.54) is 70.6 Å². The fourth-order valence-corrected chi connectivity index (χ4v) is 2.90. The van der Waals surface area contributed by atoms with Crippen molar-refractivity contribution in [3.63, 3.8) is 0 Å². The summed E-state index contributed by atoms with van der Waals surface area (Å²) in [6, 6.07) is 0. The molecule has 3 heteroatoms. The molecule has 0 spiro atoms. The van der Waals surface area contributed by atoms with Crippen LogP contribution in [0.2, 0.25) is 0 Å². The molecule has 0 aliphatic rings. The highest BCUT2D eigenvalue weighted by Gasteiger charge is 2.08. The van der Waals surface area contributed by atoms with Gasteiger partial charge in [0.05, 0.1) is 3.92 Å². The van der Waals surface area contributed by atoms with E-state index in [0.717, 1.165) is 19.3 Å². The predicted octanol–water partition coefficient (Wildman–Crippen LogP) is 5.37. The number of amides is 1. The van der Waals surface area contributed by atoms with E-state index >= 15 is 0 Å². The molecule has 122 valence electrons. The predicted molar refractivity (Wildman–Crippen MR) is 100 cm³/mol. The van der Waals surface area contributed by atoms with Crippen molar-refractivity contribution in [2.45, 2.75) is 93.8 Å². The molecule has 1 amide bonds. The molecule has 2 N–H and O–H groups in total. The molecule has 0 saturated heterocycles.